The average molecular weight is 288 g/mol. The van der Waals surface area contributed by atoms with Gasteiger partial charge in [-0.15, -0.1) is 0 Å². The zero-order chi connectivity index (χ0) is 14.7. The summed E-state index contributed by atoms with van der Waals surface area (Å²) in [5.41, 5.74) is 5.26. The van der Waals surface area contributed by atoms with Crippen molar-refractivity contribution < 1.29 is 18.3 Å². The number of sulfonamides is 1. The highest BCUT2D eigenvalue weighted by Crippen LogP contribution is 2.27. The predicted octanol–water partition coefficient (Wildman–Crippen LogP) is 0.717. The van der Waals surface area contributed by atoms with Crippen molar-refractivity contribution in [2.24, 2.45) is 0 Å². The molecule has 1 rings (SSSR count). The van der Waals surface area contributed by atoms with Gasteiger partial charge in [0.1, 0.15) is 10.6 Å². The van der Waals surface area contributed by atoms with Crippen molar-refractivity contribution in [3.8, 4) is 5.75 Å². The molecule has 0 aromatic heterocycles. The van der Waals surface area contributed by atoms with E-state index in [1.165, 1.54) is 25.3 Å². The van der Waals surface area contributed by atoms with Crippen LogP contribution in [0.3, 0.4) is 0 Å². The summed E-state index contributed by atoms with van der Waals surface area (Å²) in [7, 11) is -2.36. The number of rotatable bonds is 6. The summed E-state index contributed by atoms with van der Waals surface area (Å²) in [6, 6.07) is 4.34. The number of anilines is 1. The van der Waals surface area contributed by atoms with Gasteiger partial charge in [0.2, 0.25) is 10.0 Å². The van der Waals surface area contributed by atoms with Crippen molar-refractivity contribution in [3.63, 3.8) is 0 Å². The largest absolute Gasteiger partial charge is 0.495 e. The van der Waals surface area contributed by atoms with Crippen LogP contribution in [0.4, 0.5) is 5.69 Å². The minimum atomic E-state index is -3.74. The van der Waals surface area contributed by atoms with Crippen LogP contribution in [0.15, 0.2) is 23.1 Å². The third-order valence-corrected chi connectivity index (χ3v) is 4.36. The van der Waals surface area contributed by atoms with Gasteiger partial charge < -0.3 is 15.6 Å². The second kappa shape index (κ2) is 5.77. The first-order valence-corrected chi connectivity index (χ1v) is 7.28. The molecule has 0 saturated carbocycles. The zero-order valence-electron chi connectivity index (χ0n) is 11.3. The molecule has 0 bridgehead atoms. The summed E-state index contributed by atoms with van der Waals surface area (Å²) in [5, 5.41) is 8.93. The van der Waals surface area contributed by atoms with Crippen LogP contribution >= 0.6 is 0 Å². The maximum atomic E-state index is 12.3. The first kappa shape index (κ1) is 15.7. The van der Waals surface area contributed by atoms with Gasteiger partial charge >= 0.3 is 0 Å². The second-order valence-corrected chi connectivity index (χ2v) is 6.52. The van der Waals surface area contributed by atoms with Crippen molar-refractivity contribution in [2.75, 3.05) is 19.5 Å². The average Bonchev–Trinajstić information content (AvgIpc) is 2.26. The molecule has 0 aliphatic carbocycles. The highest BCUT2D eigenvalue weighted by Gasteiger charge is 2.28. The Morgan fingerprint density at radius 3 is 2.58 bits per heavy atom. The molecule has 19 heavy (non-hydrogen) atoms. The smallest absolute Gasteiger partial charge is 0.244 e. The molecule has 0 atom stereocenters. The van der Waals surface area contributed by atoms with Gasteiger partial charge in [0.25, 0.3) is 0 Å². The number of hydrogen-bond donors (Lipinski definition) is 3. The first-order chi connectivity index (χ1) is 8.72. The van der Waals surface area contributed by atoms with E-state index in [0.29, 0.717) is 12.1 Å². The number of ether oxygens (including phenoxy) is 1. The van der Waals surface area contributed by atoms with Crippen LogP contribution in [0.5, 0.6) is 5.75 Å². The van der Waals surface area contributed by atoms with E-state index in [-0.39, 0.29) is 17.3 Å². The van der Waals surface area contributed by atoms with E-state index >= 15 is 0 Å². The lowest BCUT2D eigenvalue weighted by Crippen LogP contribution is -2.44. The minimum Gasteiger partial charge on any atom is -0.495 e. The van der Waals surface area contributed by atoms with Crippen molar-refractivity contribution in [3.05, 3.63) is 18.2 Å². The minimum absolute atomic E-state index is 0.0233. The molecule has 0 saturated heterocycles. The van der Waals surface area contributed by atoms with E-state index in [9.17, 15) is 8.42 Å². The Morgan fingerprint density at radius 2 is 2.05 bits per heavy atom. The first-order valence-electron chi connectivity index (χ1n) is 5.80. The van der Waals surface area contributed by atoms with E-state index in [1.54, 1.807) is 13.8 Å². The highest BCUT2D eigenvalue weighted by molar-refractivity contribution is 7.89. The SMILES string of the molecule is COc1cc(N)ccc1S(=O)(=O)NC(C)(C)CCO. The Bertz CT molecular complexity index is 541. The van der Waals surface area contributed by atoms with E-state index in [1.807, 2.05) is 0 Å². The van der Waals surface area contributed by atoms with Crippen LogP contribution in [0.1, 0.15) is 20.3 Å². The van der Waals surface area contributed by atoms with Crippen LogP contribution in [0, 0.1) is 0 Å². The fourth-order valence-corrected chi connectivity index (χ4v) is 3.25. The molecule has 0 aliphatic rings. The molecule has 6 nitrogen and oxygen atoms in total. The molecular weight excluding hydrogens is 268 g/mol. The number of nitrogens with two attached hydrogens (primary N) is 1. The molecule has 1 aromatic rings. The molecular formula is C12H20N2O4S. The fourth-order valence-electron chi connectivity index (χ4n) is 1.66. The Labute approximate surface area is 113 Å². The molecule has 108 valence electrons. The lowest BCUT2D eigenvalue weighted by Gasteiger charge is -2.25. The Balaban J connectivity index is 3.14. The van der Waals surface area contributed by atoms with E-state index < -0.39 is 15.6 Å². The van der Waals surface area contributed by atoms with E-state index in [2.05, 4.69) is 4.72 Å². The third kappa shape index (κ3) is 4.09. The molecule has 0 aliphatic heterocycles. The molecule has 0 radical (unpaired) electrons. The van der Waals surface area contributed by atoms with Crippen molar-refractivity contribution >= 4 is 15.7 Å². The summed E-state index contributed by atoms with van der Waals surface area (Å²) in [4.78, 5) is 0.0233. The number of methoxy groups -OCH3 is 1. The molecule has 0 heterocycles. The maximum Gasteiger partial charge on any atom is 0.244 e. The topological polar surface area (TPSA) is 102 Å². The molecule has 0 fully saturated rings. The van der Waals surface area contributed by atoms with Crippen molar-refractivity contribution in [1.29, 1.82) is 0 Å². The van der Waals surface area contributed by atoms with Gasteiger partial charge in [-0.05, 0) is 32.4 Å². The van der Waals surface area contributed by atoms with Gasteiger partial charge in [0.15, 0.2) is 0 Å². The van der Waals surface area contributed by atoms with Crippen molar-refractivity contribution in [1.82, 2.24) is 4.72 Å². The monoisotopic (exact) mass is 288 g/mol. The third-order valence-electron chi connectivity index (χ3n) is 2.62. The summed E-state index contributed by atoms with van der Waals surface area (Å²) >= 11 is 0. The number of benzene rings is 1. The summed E-state index contributed by atoms with van der Waals surface area (Å²) in [5.74, 6) is 0.187. The van der Waals surface area contributed by atoms with E-state index in [4.69, 9.17) is 15.6 Å². The number of aliphatic hydroxyl groups excluding tert-OH is 1. The number of nitrogen functional groups attached to an aromatic ring is 1. The Morgan fingerprint density at radius 1 is 1.42 bits per heavy atom. The standard InChI is InChI=1S/C12H20N2O4S/c1-12(2,6-7-15)14-19(16,17)11-5-4-9(13)8-10(11)18-3/h4-5,8,14-15H,6-7,13H2,1-3H3. The quantitative estimate of drug-likeness (QED) is 0.669. The fraction of sp³-hybridized carbons (Fsp3) is 0.500. The number of nitrogens with one attached hydrogen (secondary N) is 1. The Kier molecular flexibility index (Phi) is 4.78. The lowest BCUT2D eigenvalue weighted by molar-refractivity contribution is 0.245. The summed E-state index contributed by atoms with van der Waals surface area (Å²) in [6.07, 6.45) is 0.309. The Hall–Kier alpha value is -1.31. The van der Waals surface area contributed by atoms with Crippen LogP contribution < -0.4 is 15.2 Å². The predicted molar refractivity (Wildman–Crippen MR) is 73.5 cm³/mol. The number of hydrogen-bond acceptors (Lipinski definition) is 5. The van der Waals surface area contributed by atoms with Gasteiger partial charge in [0.05, 0.1) is 7.11 Å². The van der Waals surface area contributed by atoms with Gasteiger partial charge in [-0.1, -0.05) is 0 Å². The molecule has 1 aromatic carbocycles. The zero-order valence-corrected chi connectivity index (χ0v) is 12.1. The van der Waals surface area contributed by atoms with Crippen molar-refractivity contribution in [2.45, 2.75) is 30.7 Å². The normalized spacial score (nSPS) is 12.4. The highest BCUT2D eigenvalue weighted by atomic mass is 32.2. The second-order valence-electron chi connectivity index (χ2n) is 4.87. The van der Waals surface area contributed by atoms with Gasteiger partial charge in [-0.2, -0.15) is 0 Å². The number of aliphatic hydroxyl groups is 1. The summed E-state index contributed by atoms with van der Waals surface area (Å²) in [6.45, 7) is 3.30. The molecule has 7 heteroatoms. The van der Waals surface area contributed by atoms with Gasteiger partial charge in [0, 0.05) is 23.9 Å². The van der Waals surface area contributed by atoms with Crippen LogP contribution in [0.25, 0.3) is 0 Å². The van der Waals surface area contributed by atoms with Crippen LogP contribution in [-0.4, -0.2) is 32.8 Å². The molecule has 0 unspecified atom stereocenters. The van der Waals surface area contributed by atoms with E-state index in [0.717, 1.165) is 0 Å². The molecule has 0 spiro atoms. The maximum absolute atomic E-state index is 12.3. The van der Waals surface area contributed by atoms with Gasteiger partial charge in [-0.25, -0.2) is 13.1 Å². The van der Waals surface area contributed by atoms with Gasteiger partial charge in [-0.3, -0.25) is 0 Å². The lowest BCUT2D eigenvalue weighted by atomic mass is 10.0. The molecule has 0 amide bonds. The summed E-state index contributed by atoms with van der Waals surface area (Å²) < 4.78 is 32.2. The van der Waals surface area contributed by atoms with Crippen LogP contribution in [0.2, 0.25) is 0 Å². The molecule has 4 N–H and O–H groups in total. The van der Waals surface area contributed by atoms with Crippen LogP contribution in [-0.2, 0) is 10.0 Å².